The first-order valence-electron chi connectivity index (χ1n) is 6.60. The van der Waals surface area contributed by atoms with Crippen LogP contribution in [0.1, 0.15) is 12.8 Å². The van der Waals surface area contributed by atoms with E-state index in [1.54, 1.807) is 4.90 Å². The maximum absolute atomic E-state index is 12.1. The second-order valence-corrected chi connectivity index (χ2v) is 5.07. The minimum absolute atomic E-state index is 0.180. The Labute approximate surface area is 108 Å². The van der Waals surface area contributed by atoms with Gasteiger partial charge < -0.3 is 15.1 Å². The Kier molecular flexibility index (Phi) is 2.96. The molecule has 1 aromatic rings. The fourth-order valence-electron chi connectivity index (χ4n) is 2.89. The minimum Gasteiger partial charge on any atom is -0.356 e. The van der Waals surface area contributed by atoms with Crippen molar-refractivity contribution in [3.63, 3.8) is 0 Å². The zero-order valence-corrected chi connectivity index (χ0v) is 10.7. The van der Waals surface area contributed by atoms with Crippen LogP contribution in [0.15, 0.2) is 24.3 Å². The zero-order chi connectivity index (χ0) is 12.5. The van der Waals surface area contributed by atoms with Gasteiger partial charge in [-0.15, -0.1) is 0 Å². The van der Waals surface area contributed by atoms with Crippen molar-refractivity contribution in [2.75, 3.05) is 36.5 Å². The molecular weight excluding hydrogens is 226 g/mol. The lowest BCUT2D eigenvalue weighted by Gasteiger charge is -2.41. The van der Waals surface area contributed by atoms with Gasteiger partial charge in [0.1, 0.15) is 0 Å². The number of likely N-dealkylation sites (N-methyl/N-ethyl adjacent to an activating group) is 1. The van der Waals surface area contributed by atoms with Crippen LogP contribution in [0.4, 0.5) is 11.4 Å². The number of para-hydroxylation sites is 2. The molecule has 1 unspecified atom stereocenters. The Morgan fingerprint density at radius 3 is 2.78 bits per heavy atom. The lowest BCUT2D eigenvalue weighted by atomic mass is 10.0. The molecule has 2 heterocycles. The summed E-state index contributed by atoms with van der Waals surface area (Å²) in [5.41, 5.74) is 2.22. The van der Waals surface area contributed by atoms with Gasteiger partial charge in [-0.25, -0.2) is 0 Å². The molecule has 1 saturated heterocycles. The molecule has 0 aromatic heterocycles. The highest BCUT2D eigenvalue weighted by atomic mass is 16.2. The average Bonchev–Trinajstić information content (AvgIpc) is 2.44. The Hall–Kier alpha value is -1.55. The number of nitrogens with zero attached hydrogens (tertiary/aromatic N) is 2. The van der Waals surface area contributed by atoms with Crippen LogP contribution < -0.4 is 15.1 Å². The van der Waals surface area contributed by atoms with E-state index in [9.17, 15) is 4.79 Å². The standard InChI is InChI=1S/C14H19N3O/c1-16-12-6-2-3-7-13(12)17(10-14(16)18)11-5-4-8-15-9-11/h2-3,6-7,11,15H,4-5,8-10H2,1H3. The van der Waals surface area contributed by atoms with Crippen LogP contribution in [0.3, 0.4) is 0 Å². The molecule has 1 N–H and O–H groups in total. The summed E-state index contributed by atoms with van der Waals surface area (Å²) < 4.78 is 0. The van der Waals surface area contributed by atoms with E-state index in [0.717, 1.165) is 18.8 Å². The summed E-state index contributed by atoms with van der Waals surface area (Å²) in [5, 5.41) is 3.42. The van der Waals surface area contributed by atoms with Gasteiger partial charge in [-0.2, -0.15) is 0 Å². The van der Waals surface area contributed by atoms with Crippen LogP contribution in [-0.2, 0) is 4.79 Å². The second kappa shape index (κ2) is 4.61. The summed E-state index contributed by atoms with van der Waals surface area (Å²) in [5.74, 6) is 0.180. The van der Waals surface area contributed by atoms with Crippen molar-refractivity contribution in [3.8, 4) is 0 Å². The highest BCUT2D eigenvalue weighted by Gasteiger charge is 2.31. The van der Waals surface area contributed by atoms with Crippen molar-refractivity contribution in [3.05, 3.63) is 24.3 Å². The Morgan fingerprint density at radius 1 is 1.28 bits per heavy atom. The molecule has 0 spiro atoms. The fraction of sp³-hybridized carbons (Fsp3) is 0.500. The van der Waals surface area contributed by atoms with E-state index in [1.807, 2.05) is 25.2 Å². The first-order chi connectivity index (χ1) is 8.77. The summed E-state index contributed by atoms with van der Waals surface area (Å²) in [6.07, 6.45) is 2.35. The summed E-state index contributed by atoms with van der Waals surface area (Å²) in [6, 6.07) is 8.62. The normalized spacial score (nSPS) is 24.1. The van der Waals surface area contributed by atoms with Crippen LogP contribution in [0, 0.1) is 0 Å². The van der Waals surface area contributed by atoms with Crippen molar-refractivity contribution in [1.29, 1.82) is 0 Å². The van der Waals surface area contributed by atoms with Gasteiger partial charge in [0.2, 0.25) is 5.91 Å². The van der Waals surface area contributed by atoms with Gasteiger partial charge in [0.05, 0.1) is 17.9 Å². The number of nitrogens with one attached hydrogen (secondary N) is 1. The molecule has 3 rings (SSSR count). The van der Waals surface area contributed by atoms with E-state index in [2.05, 4.69) is 16.3 Å². The number of carbonyl (C=O) groups excluding carboxylic acids is 1. The van der Waals surface area contributed by atoms with Gasteiger partial charge in [0, 0.05) is 19.6 Å². The smallest absolute Gasteiger partial charge is 0.246 e. The molecule has 2 aliphatic heterocycles. The highest BCUT2D eigenvalue weighted by molar-refractivity contribution is 6.02. The van der Waals surface area contributed by atoms with Crippen LogP contribution in [0.5, 0.6) is 0 Å². The quantitative estimate of drug-likeness (QED) is 0.808. The largest absolute Gasteiger partial charge is 0.356 e. The van der Waals surface area contributed by atoms with Gasteiger partial charge in [0.15, 0.2) is 0 Å². The van der Waals surface area contributed by atoms with Crippen LogP contribution in [0.25, 0.3) is 0 Å². The number of fused-ring (bicyclic) bond motifs is 1. The molecule has 1 atom stereocenters. The summed E-state index contributed by atoms with van der Waals surface area (Å²) in [6.45, 7) is 2.57. The summed E-state index contributed by atoms with van der Waals surface area (Å²) >= 11 is 0. The van der Waals surface area contributed by atoms with Crippen LogP contribution in [0.2, 0.25) is 0 Å². The molecule has 0 bridgehead atoms. The number of rotatable bonds is 1. The first-order valence-corrected chi connectivity index (χ1v) is 6.60. The zero-order valence-electron chi connectivity index (χ0n) is 10.7. The fourth-order valence-corrected chi connectivity index (χ4v) is 2.89. The molecule has 4 heteroatoms. The topological polar surface area (TPSA) is 35.6 Å². The van der Waals surface area contributed by atoms with Gasteiger partial charge >= 0.3 is 0 Å². The van der Waals surface area contributed by atoms with E-state index >= 15 is 0 Å². The van der Waals surface area contributed by atoms with Gasteiger partial charge in [-0.3, -0.25) is 4.79 Å². The molecule has 0 radical (unpaired) electrons. The van der Waals surface area contributed by atoms with Crippen molar-refractivity contribution in [1.82, 2.24) is 5.32 Å². The lowest BCUT2D eigenvalue weighted by molar-refractivity contribution is -0.117. The van der Waals surface area contributed by atoms with Crippen LogP contribution in [-0.4, -0.2) is 38.6 Å². The van der Waals surface area contributed by atoms with Gasteiger partial charge in [-0.1, -0.05) is 12.1 Å². The Morgan fingerprint density at radius 2 is 2.06 bits per heavy atom. The molecule has 96 valence electrons. The van der Waals surface area contributed by atoms with Crippen LogP contribution >= 0.6 is 0 Å². The monoisotopic (exact) mass is 245 g/mol. The molecule has 1 aromatic carbocycles. The predicted molar refractivity (Wildman–Crippen MR) is 73.1 cm³/mol. The number of hydrogen-bond donors (Lipinski definition) is 1. The van der Waals surface area contributed by atoms with E-state index < -0.39 is 0 Å². The molecule has 1 fully saturated rings. The van der Waals surface area contributed by atoms with E-state index in [-0.39, 0.29) is 5.91 Å². The van der Waals surface area contributed by atoms with Crippen molar-refractivity contribution < 1.29 is 4.79 Å². The van der Waals surface area contributed by atoms with E-state index in [1.165, 1.54) is 18.5 Å². The van der Waals surface area contributed by atoms with Crippen molar-refractivity contribution in [2.24, 2.45) is 0 Å². The number of hydrogen-bond acceptors (Lipinski definition) is 3. The highest BCUT2D eigenvalue weighted by Crippen LogP contribution is 2.34. The summed E-state index contributed by atoms with van der Waals surface area (Å²) in [7, 11) is 1.86. The first kappa shape index (κ1) is 11.5. The lowest BCUT2D eigenvalue weighted by Crippen LogP contribution is -2.53. The predicted octanol–water partition coefficient (Wildman–Crippen LogP) is 1.22. The number of piperidine rings is 1. The van der Waals surface area contributed by atoms with E-state index in [0.29, 0.717) is 12.6 Å². The number of benzene rings is 1. The third-order valence-corrected chi connectivity index (χ3v) is 3.94. The minimum atomic E-state index is 0.180. The number of anilines is 2. The molecule has 0 saturated carbocycles. The Bertz CT molecular complexity index is 454. The van der Waals surface area contributed by atoms with Crippen molar-refractivity contribution >= 4 is 17.3 Å². The number of carbonyl (C=O) groups is 1. The maximum Gasteiger partial charge on any atom is 0.246 e. The van der Waals surface area contributed by atoms with Gasteiger partial charge in [-0.05, 0) is 31.5 Å². The third kappa shape index (κ3) is 1.86. The molecule has 2 aliphatic rings. The molecule has 0 aliphatic carbocycles. The Balaban J connectivity index is 1.95. The van der Waals surface area contributed by atoms with Gasteiger partial charge in [0.25, 0.3) is 0 Å². The SMILES string of the molecule is CN1C(=O)CN(C2CCCNC2)c2ccccc21. The molecule has 4 nitrogen and oxygen atoms in total. The molecule has 1 amide bonds. The molecular formula is C14H19N3O. The maximum atomic E-state index is 12.1. The van der Waals surface area contributed by atoms with Crippen molar-refractivity contribution in [2.45, 2.75) is 18.9 Å². The van der Waals surface area contributed by atoms with E-state index in [4.69, 9.17) is 0 Å². The molecule has 18 heavy (non-hydrogen) atoms. The average molecular weight is 245 g/mol. The third-order valence-electron chi connectivity index (χ3n) is 3.94. The number of amides is 1. The second-order valence-electron chi connectivity index (χ2n) is 5.07. The summed E-state index contributed by atoms with van der Waals surface area (Å²) in [4.78, 5) is 16.1.